The highest BCUT2D eigenvalue weighted by molar-refractivity contribution is 6.10. The third-order valence-corrected chi connectivity index (χ3v) is 4.91. The van der Waals surface area contributed by atoms with Crippen LogP contribution in [0, 0.1) is 13.8 Å². The molecule has 5 rings (SSSR count). The van der Waals surface area contributed by atoms with E-state index in [2.05, 4.69) is 75.2 Å². The maximum atomic E-state index is 4.62. The van der Waals surface area contributed by atoms with Gasteiger partial charge in [0.05, 0.1) is 6.54 Å². The highest BCUT2D eigenvalue weighted by atomic mass is 15.1. The molecule has 27 heavy (non-hydrogen) atoms. The van der Waals surface area contributed by atoms with Gasteiger partial charge in [0.15, 0.2) is 5.84 Å². The summed E-state index contributed by atoms with van der Waals surface area (Å²) >= 11 is 0. The number of fused-ring (bicyclic) bond motifs is 2. The lowest BCUT2D eigenvalue weighted by Gasteiger charge is -2.11. The molecule has 5 nitrogen and oxygen atoms in total. The molecule has 1 N–H and O–H groups in total. The molecule has 0 atom stereocenters. The van der Waals surface area contributed by atoms with Crippen LogP contribution in [0.1, 0.15) is 22.5 Å². The summed E-state index contributed by atoms with van der Waals surface area (Å²) in [6, 6.07) is 14.5. The summed E-state index contributed by atoms with van der Waals surface area (Å²) in [7, 11) is 0. The van der Waals surface area contributed by atoms with E-state index in [-0.39, 0.29) is 0 Å². The summed E-state index contributed by atoms with van der Waals surface area (Å²) in [5.41, 5.74) is 5.50. The number of nitrogens with one attached hydrogen (secondary N) is 1. The molecule has 5 heteroatoms. The van der Waals surface area contributed by atoms with Crippen molar-refractivity contribution >= 4 is 22.3 Å². The van der Waals surface area contributed by atoms with Gasteiger partial charge in [-0.2, -0.15) is 0 Å². The van der Waals surface area contributed by atoms with Crippen molar-refractivity contribution in [2.75, 3.05) is 5.32 Å². The van der Waals surface area contributed by atoms with E-state index in [1.54, 1.807) is 6.20 Å². The summed E-state index contributed by atoms with van der Waals surface area (Å²) in [6.45, 7) is 4.89. The number of aromatic nitrogens is 3. The first-order valence-electron chi connectivity index (χ1n) is 8.99. The number of hydrogen-bond donors (Lipinski definition) is 1. The maximum Gasteiger partial charge on any atom is 0.152 e. The topological polar surface area (TPSA) is 55.1 Å². The van der Waals surface area contributed by atoms with Crippen LogP contribution in [0.4, 0.5) is 5.69 Å². The second-order valence-corrected chi connectivity index (χ2v) is 6.90. The number of aryl methyl sites for hydroxylation is 2. The Morgan fingerprint density at radius 1 is 1.00 bits per heavy atom. The Labute approximate surface area is 157 Å². The van der Waals surface area contributed by atoms with Crippen molar-refractivity contribution < 1.29 is 0 Å². The van der Waals surface area contributed by atoms with Crippen LogP contribution in [-0.2, 0) is 6.54 Å². The standard InChI is InChI=1S/C22H19N5/c1-14-10-15(2)27(13-14)22-19-6-5-18(11-16(19)7-9-24-22)26-21-20-17(12-25-21)4-3-8-23-20/h3-11,13H,12H2,1-2H3,(H,25,26). The normalized spacial score (nSPS) is 12.9. The van der Waals surface area contributed by atoms with Gasteiger partial charge in [0.2, 0.25) is 0 Å². The molecule has 0 fully saturated rings. The molecule has 3 aromatic heterocycles. The van der Waals surface area contributed by atoms with Crippen LogP contribution in [-0.4, -0.2) is 20.4 Å². The summed E-state index contributed by atoms with van der Waals surface area (Å²) in [4.78, 5) is 13.7. The Balaban J connectivity index is 1.53. The van der Waals surface area contributed by atoms with E-state index < -0.39 is 0 Å². The summed E-state index contributed by atoms with van der Waals surface area (Å²) in [5, 5.41) is 5.68. The third kappa shape index (κ3) is 2.68. The zero-order valence-electron chi connectivity index (χ0n) is 15.3. The molecule has 0 saturated carbocycles. The minimum absolute atomic E-state index is 0.680. The predicted molar refractivity (Wildman–Crippen MR) is 109 cm³/mol. The van der Waals surface area contributed by atoms with Crippen LogP contribution in [0.2, 0.25) is 0 Å². The lowest BCUT2D eigenvalue weighted by Crippen LogP contribution is -2.13. The molecule has 0 bridgehead atoms. The molecule has 4 heterocycles. The van der Waals surface area contributed by atoms with Crippen molar-refractivity contribution in [3.63, 3.8) is 0 Å². The van der Waals surface area contributed by atoms with Gasteiger partial charge in [0.1, 0.15) is 11.5 Å². The van der Waals surface area contributed by atoms with E-state index in [0.717, 1.165) is 39.4 Å². The minimum atomic E-state index is 0.680. The van der Waals surface area contributed by atoms with Crippen molar-refractivity contribution in [3.05, 3.63) is 83.6 Å². The molecule has 0 spiro atoms. The molecule has 0 amide bonds. The highest BCUT2D eigenvalue weighted by Crippen LogP contribution is 2.26. The van der Waals surface area contributed by atoms with Gasteiger partial charge in [-0.1, -0.05) is 6.07 Å². The molecular formula is C22H19N5. The average Bonchev–Trinajstić information content (AvgIpc) is 3.24. The van der Waals surface area contributed by atoms with Crippen molar-refractivity contribution in [2.24, 2.45) is 4.99 Å². The largest absolute Gasteiger partial charge is 0.339 e. The monoisotopic (exact) mass is 353 g/mol. The third-order valence-electron chi connectivity index (χ3n) is 4.91. The second kappa shape index (κ2) is 6.06. The van der Waals surface area contributed by atoms with Crippen LogP contribution in [0.5, 0.6) is 0 Å². The van der Waals surface area contributed by atoms with Crippen LogP contribution < -0.4 is 5.32 Å². The van der Waals surface area contributed by atoms with E-state index in [1.165, 1.54) is 11.3 Å². The molecule has 0 unspecified atom stereocenters. The Hall–Kier alpha value is -3.47. The number of benzene rings is 1. The number of pyridine rings is 2. The predicted octanol–water partition coefficient (Wildman–Crippen LogP) is 4.41. The van der Waals surface area contributed by atoms with E-state index in [0.29, 0.717) is 6.54 Å². The molecular weight excluding hydrogens is 334 g/mol. The summed E-state index contributed by atoms with van der Waals surface area (Å²) in [5.74, 6) is 1.78. The fourth-order valence-corrected chi connectivity index (χ4v) is 3.66. The first-order valence-corrected chi connectivity index (χ1v) is 8.99. The van der Waals surface area contributed by atoms with Crippen molar-refractivity contribution in [1.82, 2.24) is 14.5 Å². The van der Waals surface area contributed by atoms with Crippen LogP contribution in [0.15, 0.2) is 66.0 Å². The fourth-order valence-electron chi connectivity index (χ4n) is 3.66. The van der Waals surface area contributed by atoms with Crippen molar-refractivity contribution in [1.29, 1.82) is 0 Å². The van der Waals surface area contributed by atoms with Gasteiger partial charge in [-0.25, -0.2) is 4.98 Å². The van der Waals surface area contributed by atoms with E-state index in [1.807, 2.05) is 18.3 Å². The summed E-state index contributed by atoms with van der Waals surface area (Å²) < 4.78 is 2.14. The number of rotatable bonds is 2. The van der Waals surface area contributed by atoms with Gasteiger partial charge in [-0.15, -0.1) is 0 Å². The zero-order chi connectivity index (χ0) is 18.4. The Morgan fingerprint density at radius 3 is 2.78 bits per heavy atom. The van der Waals surface area contributed by atoms with Gasteiger partial charge < -0.3 is 9.88 Å². The van der Waals surface area contributed by atoms with E-state index >= 15 is 0 Å². The van der Waals surface area contributed by atoms with Crippen molar-refractivity contribution in [3.8, 4) is 5.82 Å². The quantitative estimate of drug-likeness (QED) is 0.581. The van der Waals surface area contributed by atoms with Gasteiger partial charge in [0, 0.05) is 40.9 Å². The molecule has 1 aliphatic rings. The first kappa shape index (κ1) is 15.8. The highest BCUT2D eigenvalue weighted by Gasteiger charge is 2.17. The minimum Gasteiger partial charge on any atom is -0.339 e. The van der Waals surface area contributed by atoms with Gasteiger partial charge >= 0.3 is 0 Å². The molecule has 0 saturated heterocycles. The number of anilines is 1. The lowest BCUT2D eigenvalue weighted by atomic mass is 10.1. The van der Waals surface area contributed by atoms with Gasteiger partial charge in [0.25, 0.3) is 0 Å². The Kier molecular flexibility index (Phi) is 3.53. The molecule has 1 aromatic carbocycles. The Bertz CT molecular complexity index is 1200. The van der Waals surface area contributed by atoms with Crippen LogP contribution in [0.25, 0.3) is 16.6 Å². The second-order valence-electron chi connectivity index (χ2n) is 6.90. The average molecular weight is 353 g/mol. The number of aliphatic imine (C=N–C) groups is 1. The van der Waals surface area contributed by atoms with E-state index in [9.17, 15) is 0 Å². The van der Waals surface area contributed by atoms with E-state index in [4.69, 9.17) is 0 Å². The number of hydrogen-bond acceptors (Lipinski definition) is 4. The lowest BCUT2D eigenvalue weighted by molar-refractivity contribution is 0.973. The fraction of sp³-hybridized carbons (Fsp3) is 0.136. The smallest absolute Gasteiger partial charge is 0.152 e. The number of nitrogens with zero attached hydrogens (tertiary/aromatic N) is 4. The van der Waals surface area contributed by atoms with Gasteiger partial charge in [-0.3, -0.25) is 9.98 Å². The maximum absolute atomic E-state index is 4.62. The molecule has 1 aliphatic heterocycles. The molecule has 0 aliphatic carbocycles. The number of amidine groups is 1. The Morgan fingerprint density at radius 2 is 1.93 bits per heavy atom. The summed E-state index contributed by atoms with van der Waals surface area (Å²) in [6.07, 6.45) is 5.79. The van der Waals surface area contributed by atoms with Crippen LogP contribution in [0.3, 0.4) is 0 Å². The first-order chi connectivity index (χ1) is 13.2. The SMILES string of the molecule is Cc1cc(C)n(-c2nccc3cc(NC4=NCc5cccnc54)ccc23)c1. The molecule has 0 radical (unpaired) electrons. The van der Waals surface area contributed by atoms with Gasteiger partial charge in [-0.05, 0) is 61.2 Å². The zero-order valence-corrected chi connectivity index (χ0v) is 15.3. The van der Waals surface area contributed by atoms with Crippen LogP contribution >= 0.6 is 0 Å². The van der Waals surface area contributed by atoms with Crippen molar-refractivity contribution in [2.45, 2.75) is 20.4 Å². The molecule has 132 valence electrons. The molecule has 4 aromatic rings.